The number of aryl methyl sites for hydroxylation is 2. The van der Waals surface area contributed by atoms with E-state index in [0.717, 1.165) is 33.7 Å². The molecule has 2 N–H and O–H groups in total. The highest BCUT2D eigenvalue weighted by atomic mass is 32.1. The number of ether oxygens (including phenoxy) is 1. The molecule has 0 aliphatic rings. The zero-order valence-corrected chi connectivity index (χ0v) is 13.1. The zero-order valence-electron chi connectivity index (χ0n) is 12.3. The Bertz CT molecular complexity index is 775. The van der Waals surface area contributed by atoms with Crippen LogP contribution < -0.4 is 10.5 Å². The summed E-state index contributed by atoms with van der Waals surface area (Å²) in [6.45, 7) is 2.06. The second kappa shape index (κ2) is 5.26. The van der Waals surface area contributed by atoms with E-state index in [1.165, 1.54) is 0 Å². The van der Waals surface area contributed by atoms with Gasteiger partial charge < -0.3 is 10.5 Å². The quantitative estimate of drug-likeness (QED) is 0.802. The van der Waals surface area contributed by atoms with Crippen LogP contribution in [0.2, 0.25) is 0 Å². The number of aromatic nitrogens is 2. The first kappa shape index (κ1) is 13.7. The molecule has 0 saturated carbocycles. The van der Waals surface area contributed by atoms with Crippen molar-refractivity contribution in [3.8, 4) is 28.1 Å². The largest absolute Gasteiger partial charge is 0.496 e. The van der Waals surface area contributed by atoms with Crippen molar-refractivity contribution in [2.75, 3.05) is 12.8 Å². The number of hydrogen-bond acceptors (Lipinski definition) is 4. The highest BCUT2D eigenvalue weighted by molar-refractivity contribution is 7.08. The van der Waals surface area contributed by atoms with Crippen LogP contribution in [0.3, 0.4) is 0 Å². The van der Waals surface area contributed by atoms with Gasteiger partial charge in [0.15, 0.2) is 0 Å². The van der Waals surface area contributed by atoms with Crippen LogP contribution in [-0.2, 0) is 7.05 Å². The number of benzene rings is 1. The van der Waals surface area contributed by atoms with E-state index in [1.54, 1.807) is 23.1 Å². The maximum absolute atomic E-state index is 6.26. The highest BCUT2D eigenvalue weighted by Gasteiger charge is 2.20. The fourth-order valence-electron chi connectivity index (χ4n) is 2.42. The number of methoxy groups -OCH3 is 1. The van der Waals surface area contributed by atoms with Crippen LogP contribution in [0.25, 0.3) is 22.4 Å². The lowest BCUT2D eigenvalue weighted by Crippen LogP contribution is -1.98. The molecule has 1 aromatic carbocycles. The van der Waals surface area contributed by atoms with E-state index in [1.807, 2.05) is 24.6 Å². The van der Waals surface area contributed by atoms with Crippen molar-refractivity contribution in [3.05, 3.63) is 40.6 Å². The van der Waals surface area contributed by atoms with Crippen LogP contribution >= 0.6 is 11.3 Å². The minimum Gasteiger partial charge on any atom is -0.496 e. The van der Waals surface area contributed by atoms with E-state index < -0.39 is 0 Å². The number of thiophene rings is 1. The average molecular weight is 299 g/mol. The standard InChI is InChI=1S/C16H17N3OS/c1-10-4-5-13(20-3)12(8-10)14-15(11-6-7-21-9-11)18-19(2)16(14)17/h4-9H,17H2,1-3H3. The molecule has 0 unspecified atom stereocenters. The second-order valence-corrected chi connectivity index (χ2v) is 5.73. The Hall–Kier alpha value is -2.27. The van der Waals surface area contributed by atoms with E-state index >= 15 is 0 Å². The van der Waals surface area contributed by atoms with Crippen molar-refractivity contribution >= 4 is 17.2 Å². The van der Waals surface area contributed by atoms with Crippen molar-refractivity contribution in [2.24, 2.45) is 7.05 Å². The molecule has 0 amide bonds. The number of nitrogens with two attached hydrogens (primary N) is 1. The van der Waals surface area contributed by atoms with Crippen LogP contribution in [-0.4, -0.2) is 16.9 Å². The average Bonchev–Trinajstić information content (AvgIpc) is 3.08. The van der Waals surface area contributed by atoms with Gasteiger partial charge in [0.05, 0.1) is 12.7 Å². The van der Waals surface area contributed by atoms with Crippen molar-refractivity contribution < 1.29 is 4.74 Å². The lowest BCUT2D eigenvalue weighted by atomic mass is 9.99. The fourth-order valence-corrected chi connectivity index (χ4v) is 3.06. The van der Waals surface area contributed by atoms with E-state index in [2.05, 4.69) is 29.5 Å². The summed E-state index contributed by atoms with van der Waals surface area (Å²) in [5.41, 5.74) is 11.3. The molecular formula is C16H17N3OS. The summed E-state index contributed by atoms with van der Waals surface area (Å²) < 4.78 is 7.21. The maximum Gasteiger partial charge on any atom is 0.130 e. The van der Waals surface area contributed by atoms with Gasteiger partial charge in [-0.15, -0.1) is 0 Å². The van der Waals surface area contributed by atoms with Gasteiger partial charge in [0, 0.05) is 23.6 Å². The lowest BCUT2D eigenvalue weighted by Gasteiger charge is -2.10. The van der Waals surface area contributed by atoms with Gasteiger partial charge >= 0.3 is 0 Å². The molecular weight excluding hydrogens is 282 g/mol. The summed E-state index contributed by atoms with van der Waals surface area (Å²) in [5, 5.41) is 8.69. The molecule has 0 radical (unpaired) electrons. The predicted octanol–water partition coefficient (Wildman–Crippen LogP) is 3.71. The minimum absolute atomic E-state index is 0.639. The lowest BCUT2D eigenvalue weighted by molar-refractivity contribution is 0.416. The summed E-state index contributed by atoms with van der Waals surface area (Å²) in [7, 11) is 3.53. The number of anilines is 1. The molecule has 0 atom stereocenters. The molecule has 0 saturated heterocycles. The first-order valence-electron chi connectivity index (χ1n) is 6.62. The van der Waals surface area contributed by atoms with E-state index in [4.69, 9.17) is 10.5 Å². The third-order valence-corrected chi connectivity index (χ3v) is 4.19. The SMILES string of the molecule is COc1ccc(C)cc1-c1c(-c2ccsc2)nn(C)c1N. The Labute approximate surface area is 127 Å². The van der Waals surface area contributed by atoms with Gasteiger partial charge in [-0.1, -0.05) is 11.6 Å². The minimum atomic E-state index is 0.639. The van der Waals surface area contributed by atoms with Crippen molar-refractivity contribution in [1.82, 2.24) is 9.78 Å². The molecule has 4 nitrogen and oxygen atoms in total. The molecule has 2 heterocycles. The Morgan fingerprint density at radius 1 is 1.29 bits per heavy atom. The van der Waals surface area contributed by atoms with E-state index in [0.29, 0.717) is 5.82 Å². The molecule has 0 aliphatic carbocycles. The van der Waals surface area contributed by atoms with E-state index in [-0.39, 0.29) is 0 Å². The monoisotopic (exact) mass is 299 g/mol. The molecule has 108 valence electrons. The third kappa shape index (κ3) is 2.29. The molecule has 21 heavy (non-hydrogen) atoms. The first-order valence-corrected chi connectivity index (χ1v) is 7.56. The first-order chi connectivity index (χ1) is 10.1. The normalized spacial score (nSPS) is 10.8. The van der Waals surface area contributed by atoms with Crippen LogP contribution in [0.15, 0.2) is 35.0 Å². The van der Waals surface area contributed by atoms with Crippen LogP contribution in [0.4, 0.5) is 5.82 Å². The van der Waals surface area contributed by atoms with Crippen LogP contribution in [0, 0.1) is 6.92 Å². The Morgan fingerprint density at radius 3 is 2.76 bits per heavy atom. The van der Waals surface area contributed by atoms with E-state index in [9.17, 15) is 0 Å². The topological polar surface area (TPSA) is 53.1 Å². The summed E-state index contributed by atoms with van der Waals surface area (Å²) >= 11 is 1.65. The molecule has 0 fully saturated rings. The smallest absolute Gasteiger partial charge is 0.130 e. The number of nitrogen functional groups attached to an aromatic ring is 1. The second-order valence-electron chi connectivity index (χ2n) is 4.95. The summed E-state index contributed by atoms with van der Waals surface area (Å²) in [4.78, 5) is 0. The Balaban J connectivity index is 2.30. The predicted molar refractivity (Wildman–Crippen MR) is 87.7 cm³/mol. The summed E-state index contributed by atoms with van der Waals surface area (Å²) in [6, 6.07) is 8.13. The van der Waals surface area contributed by atoms with Gasteiger partial charge in [0.1, 0.15) is 17.3 Å². The molecule has 3 aromatic rings. The van der Waals surface area contributed by atoms with Crippen molar-refractivity contribution in [3.63, 3.8) is 0 Å². The van der Waals surface area contributed by atoms with Gasteiger partial charge in [-0.3, -0.25) is 4.68 Å². The number of rotatable bonds is 3. The number of nitrogens with zero attached hydrogens (tertiary/aromatic N) is 2. The van der Waals surface area contributed by atoms with Gasteiger partial charge in [-0.05, 0) is 30.5 Å². The molecule has 0 spiro atoms. The fraction of sp³-hybridized carbons (Fsp3) is 0.188. The van der Waals surface area contributed by atoms with Crippen molar-refractivity contribution in [1.29, 1.82) is 0 Å². The zero-order chi connectivity index (χ0) is 15.0. The van der Waals surface area contributed by atoms with Gasteiger partial charge in [-0.25, -0.2) is 0 Å². The molecule has 0 aliphatic heterocycles. The van der Waals surface area contributed by atoms with Gasteiger partial charge in [0.2, 0.25) is 0 Å². The third-order valence-electron chi connectivity index (χ3n) is 3.51. The highest BCUT2D eigenvalue weighted by Crippen LogP contribution is 2.41. The Morgan fingerprint density at radius 2 is 2.10 bits per heavy atom. The number of hydrogen-bond donors (Lipinski definition) is 1. The van der Waals surface area contributed by atoms with Gasteiger partial charge in [-0.2, -0.15) is 16.4 Å². The molecule has 0 bridgehead atoms. The molecule has 2 aromatic heterocycles. The van der Waals surface area contributed by atoms with Gasteiger partial charge in [0.25, 0.3) is 0 Å². The Kier molecular flexibility index (Phi) is 3.43. The molecule has 3 rings (SSSR count). The summed E-state index contributed by atoms with van der Waals surface area (Å²) in [5.74, 6) is 1.44. The summed E-state index contributed by atoms with van der Waals surface area (Å²) in [6.07, 6.45) is 0. The maximum atomic E-state index is 6.26. The van der Waals surface area contributed by atoms with Crippen LogP contribution in [0.1, 0.15) is 5.56 Å². The molecule has 5 heteroatoms. The van der Waals surface area contributed by atoms with Crippen LogP contribution in [0.5, 0.6) is 5.75 Å². The van der Waals surface area contributed by atoms with Crippen molar-refractivity contribution in [2.45, 2.75) is 6.92 Å².